The average molecular weight is 376 g/mol. The van der Waals surface area contributed by atoms with Gasteiger partial charge in [-0.05, 0) is 37.3 Å². The molecule has 128 valence electrons. The summed E-state index contributed by atoms with van der Waals surface area (Å²) < 4.78 is 4.75. The van der Waals surface area contributed by atoms with Gasteiger partial charge in [0.2, 0.25) is 5.91 Å². The maximum atomic E-state index is 11.9. The molecule has 1 amide bonds. The Labute approximate surface area is 156 Å². The number of anilines is 1. The molecule has 0 aliphatic heterocycles. The lowest BCUT2D eigenvalue weighted by Gasteiger charge is -2.08. The Morgan fingerprint density at radius 1 is 1.08 bits per heavy atom. The van der Waals surface area contributed by atoms with Crippen LogP contribution in [0.2, 0.25) is 10.0 Å². The predicted octanol–water partition coefficient (Wildman–Crippen LogP) is 4.28. The zero-order valence-corrected chi connectivity index (χ0v) is 14.9. The van der Waals surface area contributed by atoms with Gasteiger partial charge in [0.15, 0.2) is 0 Å². The van der Waals surface area contributed by atoms with Crippen LogP contribution in [0.3, 0.4) is 0 Å². The molecule has 0 atom stereocenters. The van der Waals surface area contributed by atoms with Gasteiger partial charge in [0.25, 0.3) is 0 Å². The Bertz CT molecular complexity index is 853. The molecule has 0 fully saturated rings. The number of carbonyl (C=O) groups is 2. The molecule has 0 spiro atoms. The summed E-state index contributed by atoms with van der Waals surface area (Å²) in [5.74, 6) is 4.82. The minimum Gasteiger partial charge on any atom is -0.466 e. The Morgan fingerprint density at radius 3 is 2.52 bits per heavy atom. The van der Waals surface area contributed by atoms with Crippen LogP contribution in [0.25, 0.3) is 0 Å². The largest absolute Gasteiger partial charge is 0.466 e. The number of halogens is 2. The maximum Gasteiger partial charge on any atom is 0.315 e. The van der Waals surface area contributed by atoms with E-state index in [1.807, 2.05) is 12.1 Å². The lowest BCUT2D eigenvalue weighted by Crippen LogP contribution is -2.18. The second-order valence-corrected chi connectivity index (χ2v) is 5.79. The smallest absolute Gasteiger partial charge is 0.315 e. The normalized spacial score (nSPS) is 9.72. The zero-order chi connectivity index (χ0) is 18.2. The summed E-state index contributed by atoms with van der Waals surface area (Å²) in [5, 5.41) is 3.65. The zero-order valence-electron chi connectivity index (χ0n) is 13.4. The Morgan fingerprint density at radius 2 is 1.80 bits per heavy atom. The molecule has 2 rings (SSSR count). The standard InChI is InChI=1S/C19H15Cl2NO3/c1-2-25-19(24)12-18(23)22-17-10-9-15(20)11-14(17)8-7-13-5-3-4-6-16(13)21/h3-6,9-11H,2,12H2,1H3,(H,22,23). The van der Waals surface area contributed by atoms with Crippen LogP contribution in [0.5, 0.6) is 0 Å². The second kappa shape index (κ2) is 9.12. The molecule has 2 aromatic rings. The molecule has 0 aliphatic carbocycles. The summed E-state index contributed by atoms with van der Waals surface area (Å²) in [6, 6.07) is 12.1. The van der Waals surface area contributed by atoms with E-state index in [4.69, 9.17) is 27.9 Å². The third-order valence-corrected chi connectivity index (χ3v) is 3.64. The van der Waals surface area contributed by atoms with Crippen molar-refractivity contribution in [2.75, 3.05) is 11.9 Å². The monoisotopic (exact) mass is 375 g/mol. The van der Waals surface area contributed by atoms with E-state index in [1.54, 1.807) is 37.3 Å². The van der Waals surface area contributed by atoms with Crippen molar-refractivity contribution in [2.24, 2.45) is 0 Å². The van der Waals surface area contributed by atoms with E-state index in [1.165, 1.54) is 0 Å². The van der Waals surface area contributed by atoms with Crippen molar-refractivity contribution in [1.29, 1.82) is 0 Å². The second-order valence-electron chi connectivity index (χ2n) is 4.95. The minimum absolute atomic E-state index is 0.224. The van der Waals surface area contributed by atoms with Gasteiger partial charge in [0, 0.05) is 16.1 Å². The number of rotatable bonds is 4. The Hall–Kier alpha value is -2.48. The molecule has 6 heteroatoms. The van der Waals surface area contributed by atoms with Crippen LogP contribution >= 0.6 is 23.2 Å². The highest BCUT2D eigenvalue weighted by molar-refractivity contribution is 6.31. The molecular formula is C19H15Cl2NO3. The van der Waals surface area contributed by atoms with Gasteiger partial charge in [-0.1, -0.05) is 47.2 Å². The quantitative estimate of drug-likeness (QED) is 0.492. The van der Waals surface area contributed by atoms with E-state index in [0.717, 1.165) is 0 Å². The molecule has 0 bridgehead atoms. The summed E-state index contributed by atoms with van der Waals surface area (Å²) in [6.07, 6.45) is -0.367. The van der Waals surface area contributed by atoms with Crippen LogP contribution in [0.15, 0.2) is 42.5 Å². The van der Waals surface area contributed by atoms with E-state index in [9.17, 15) is 9.59 Å². The highest BCUT2D eigenvalue weighted by Crippen LogP contribution is 2.21. The van der Waals surface area contributed by atoms with Crippen LogP contribution in [0, 0.1) is 11.8 Å². The molecule has 0 unspecified atom stereocenters. The van der Waals surface area contributed by atoms with Crippen LogP contribution in [-0.2, 0) is 14.3 Å². The molecule has 0 saturated carbocycles. The highest BCUT2D eigenvalue weighted by atomic mass is 35.5. The van der Waals surface area contributed by atoms with Gasteiger partial charge in [-0.25, -0.2) is 0 Å². The number of hydrogen-bond donors (Lipinski definition) is 1. The summed E-state index contributed by atoms with van der Waals surface area (Å²) in [4.78, 5) is 23.3. The number of esters is 1. The van der Waals surface area contributed by atoms with Crippen molar-refractivity contribution in [1.82, 2.24) is 0 Å². The highest BCUT2D eigenvalue weighted by Gasteiger charge is 2.12. The molecule has 0 aromatic heterocycles. The molecule has 2 aromatic carbocycles. The number of ether oxygens (including phenoxy) is 1. The van der Waals surface area contributed by atoms with Crippen molar-refractivity contribution in [3.05, 3.63) is 63.6 Å². The van der Waals surface area contributed by atoms with Crippen molar-refractivity contribution in [3.8, 4) is 11.8 Å². The third-order valence-electron chi connectivity index (χ3n) is 3.07. The first kappa shape index (κ1) is 18.9. The van der Waals surface area contributed by atoms with Gasteiger partial charge in [-0.15, -0.1) is 0 Å². The molecule has 0 radical (unpaired) electrons. The van der Waals surface area contributed by atoms with Gasteiger partial charge in [-0.2, -0.15) is 0 Å². The van der Waals surface area contributed by atoms with Crippen LogP contribution < -0.4 is 5.32 Å². The maximum absolute atomic E-state index is 11.9. The number of hydrogen-bond acceptors (Lipinski definition) is 3. The lowest BCUT2D eigenvalue weighted by atomic mass is 10.1. The summed E-state index contributed by atoms with van der Waals surface area (Å²) in [5.41, 5.74) is 1.64. The van der Waals surface area contributed by atoms with Gasteiger partial charge in [0.1, 0.15) is 6.42 Å². The van der Waals surface area contributed by atoms with Crippen LogP contribution in [0.1, 0.15) is 24.5 Å². The van der Waals surface area contributed by atoms with Gasteiger partial charge >= 0.3 is 5.97 Å². The SMILES string of the molecule is CCOC(=O)CC(=O)Nc1ccc(Cl)cc1C#Cc1ccccc1Cl. The molecule has 0 saturated heterocycles. The van der Waals surface area contributed by atoms with Crippen molar-refractivity contribution < 1.29 is 14.3 Å². The minimum atomic E-state index is -0.585. The first-order valence-corrected chi connectivity index (χ1v) is 8.26. The van der Waals surface area contributed by atoms with E-state index in [-0.39, 0.29) is 13.0 Å². The van der Waals surface area contributed by atoms with Crippen molar-refractivity contribution in [3.63, 3.8) is 0 Å². The van der Waals surface area contributed by atoms with Gasteiger partial charge in [-0.3, -0.25) is 9.59 Å². The lowest BCUT2D eigenvalue weighted by molar-refractivity contribution is -0.145. The molecular weight excluding hydrogens is 361 g/mol. The predicted molar refractivity (Wildman–Crippen MR) is 98.8 cm³/mol. The van der Waals surface area contributed by atoms with Crippen LogP contribution in [0.4, 0.5) is 5.69 Å². The Balaban J connectivity index is 2.22. The summed E-state index contributed by atoms with van der Waals surface area (Å²) in [7, 11) is 0. The summed E-state index contributed by atoms with van der Waals surface area (Å²) in [6.45, 7) is 1.90. The van der Waals surface area contributed by atoms with E-state index in [0.29, 0.717) is 26.9 Å². The fraction of sp³-hybridized carbons (Fsp3) is 0.158. The molecule has 0 aliphatic rings. The fourth-order valence-electron chi connectivity index (χ4n) is 1.96. The third kappa shape index (κ3) is 5.82. The Kier molecular flexibility index (Phi) is 6.88. The summed E-state index contributed by atoms with van der Waals surface area (Å²) >= 11 is 12.1. The van der Waals surface area contributed by atoms with Crippen molar-refractivity contribution in [2.45, 2.75) is 13.3 Å². The first-order chi connectivity index (χ1) is 12.0. The van der Waals surface area contributed by atoms with E-state index < -0.39 is 11.9 Å². The fourth-order valence-corrected chi connectivity index (χ4v) is 2.32. The van der Waals surface area contributed by atoms with E-state index >= 15 is 0 Å². The van der Waals surface area contributed by atoms with Gasteiger partial charge < -0.3 is 10.1 Å². The topological polar surface area (TPSA) is 55.4 Å². The molecule has 4 nitrogen and oxygen atoms in total. The van der Waals surface area contributed by atoms with Gasteiger partial charge in [0.05, 0.1) is 17.3 Å². The first-order valence-electron chi connectivity index (χ1n) is 7.51. The number of carbonyl (C=O) groups excluding carboxylic acids is 2. The molecule has 0 heterocycles. The number of benzene rings is 2. The number of nitrogens with one attached hydrogen (secondary N) is 1. The van der Waals surface area contributed by atoms with E-state index in [2.05, 4.69) is 17.2 Å². The van der Waals surface area contributed by atoms with Crippen molar-refractivity contribution >= 4 is 40.8 Å². The van der Waals surface area contributed by atoms with Crippen LogP contribution in [-0.4, -0.2) is 18.5 Å². The molecule has 25 heavy (non-hydrogen) atoms. The average Bonchev–Trinajstić information content (AvgIpc) is 2.56. The number of amides is 1. The molecule has 1 N–H and O–H groups in total.